The topological polar surface area (TPSA) is 55.6 Å². The third kappa shape index (κ3) is 3.97. The largest absolute Gasteiger partial charge is 0.484 e. The monoisotopic (exact) mass is 290 g/mol. The first kappa shape index (κ1) is 15.8. The van der Waals surface area contributed by atoms with Crippen LogP contribution in [-0.2, 0) is 4.79 Å². The van der Waals surface area contributed by atoms with Gasteiger partial charge in [-0.05, 0) is 44.2 Å². The Hall–Kier alpha value is -1.55. The minimum atomic E-state index is 0.0392. The highest BCUT2D eigenvalue weighted by atomic mass is 16.5. The molecule has 4 heteroatoms. The SMILES string of the molecule is Cc1ccc(OCC(=O)N2CCC(C)CC2CN)c(C)c1. The Morgan fingerprint density at radius 2 is 2.19 bits per heavy atom. The summed E-state index contributed by atoms with van der Waals surface area (Å²) in [6.07, 6.45) is 2.04. The minimum Gasteiger partial charge on any atom is -0.484 e. The van der Waals surface area contributed by atoms with Gasteiger partial charge in [-0.3, -0.25) is 4.79 Å². The van der Waals surface area contributed by atoms with E-state index < -0.39 is 0 Å². The molecule has 0 aliphatic carbocycles. The average Bonchev–Trinajstić information content (AvgIpc) is 2.45. The van der Waals surface area contributed by atoms with Crippen LogP contribution in [-0.4, -0.2) is 36.5 Å². The maximum absolute atomic E-state index is 12.4. The number of rotatable bonds is 4. The van der Waals surface area contributed by atoms with Gasteiger partial charge in [-0.2, -0.15) is 0 Å². The molecular weight excluding hydrogens is 264 g/mol. The van der Waals surface area contributed by atoms with Crippen LogP contribution in [0.25, 0.3) is 0 Å². The number of piperidine rings is 1. The summed E-state index contributed by atoms with van der Waals surface area (Å²) in [4.78, 5) is 14.3. The Balaban J connectivity index is 1.94. The lowest BCUT2D eigenvalue weighted by Crippen LogP contribution is -2.50. The zero-order valence-electron chi connectivity index (χ0n) is 13.3. The van der Waals surface area contributed by atoms with E-state index >= 15 is 0 Å². The standard InChI is InChI=1S/C17H26N2O2/c1-12-4-5-16(14(3)8-12)21-11-17(20)19-7-6-13(2)9-15(19)10-18/h4-5,8,13,15H,6-7,9-11,18H2,1-3H3. The second-order valence-corrected chi connectivity index (χ2v) is 6.16. The summed E-state index contributed by atoms with van der Waals surface area (Å²) >= 11 is 0. The number of hydrogen-bond acceptors (Lipinski definition) is 3. The van der Waals surface area contributed by atoms with Crippen molar-refractivity contribution in [3.63, 3.8) is 0 Å². The van der Waals surface area contributed by atoms with E-state index in [4.69, 9.17) is 10.5 Å². The molecule has 0 saturated carbocycles. The van der Waals surface area contributed by atoms with Crippen LogP contribution in [0.1, 0.15) is 30.9 Å². The number of carbonyl (C=O) groups is 1. The number of carbonyl (C=O) groups excluding carboxylic acids is 1. The van der Waals surface area contributed by atoms with Crippen LogP contribution in [0.4, 0.5) is 0 Å². The lowest BCUT2D eigenvalue weighted by Gasteiger charge is -2.37. The van der Waals surface area contributed by atoms with Gasteiger partial charge in [0, 0.05) is 19.1 Å². The van der Waals surface area contributed by atoms with Crippen LogP contribution in [0, 0.1) is 19.8 Å². The molecule has 2 rings (SSSR count). The van der Waals surface area contributed by atoms with Gasteiger partial charge >= 0.3 is 0 Å². The zero-order valence-corrected chi connectivity index (χ0v) is 13.3. The lowest BCUT2D eigenvalue weighted by molar-refractivity contribution is -0.137. The van der Waals surface area contributed by atoms with Crippen LogP contribution in [0.3, 0.4) is 0 Å². The van der Waals surface area contributed by atoms with Crippen molar-refractivity contribution in [1.82, 2.24) is 4.90 Å². The van der Waals surface area contributed by atoms with Gasteiger partial charge in [0.05, 0.1) is 0 Å². The first-order valence-corrected chi connectivity index (χ1v) is 7.71. The molecular formula is C17H26N2O2. The highest BCUT2D eigenvalue weighted by molar-refractivity contribution is 5.78. The highest BCUT2D eigenvalue weighted by Gasteiger charge is 2.29. The Morgan fingerprint density at radius 1 is 1.43 bits per heavy atom. The summed E-state index contributed by atoms with van der Waals surface area (Å²) in [5.74, 6) is 1.46. The molecule has 0 aromatic heterocycles. The first-order chi connectivity index (χ1) is 10.0. The van der Waals surface area contributed by atoms with Crippen molar-refractivity contribution in [2.75, 3.05) is 19.7 Å². The fraction of sp³-hybridized carbons (Fsp3) is 0.588. The molecule has 1 saturated heterocycles. The fourth-order valence-corrected chi connectivity index (χ4v) is 2.99. The van der Waals surface area contributed by atoms with Gasteiger partial charge in [-0.15, -0.1) is 0 Å². The number of likely N-dealkylation sites (tertiary alicyclic amines) is 1. The van der Waals surface area contributed by atoms with Crippen LogP contribution in [0.5, 0.6) is 5.75 Å². The summed E-state index contributed by atoms with van der Waals surface area (Å²) < 4.78 is 5.69. The number of benzene rings is 1. The van der Waals surface area contributed by atoms with Gasteiger partial charge in [0.2, 0.25) is 0 Å². The molecule has 116 valence electrons. The van der Waals surface area contributed by atoms with Gasteiger partial charge in [0.15, 0.2) is 6.61 Å². The Morgan fingerprint density at radius 3 is 2.86 bits per heavy atom. The quantitative estimate of drug-likeness (QED) is 0.925. The van der Waals surface area contributed by atoms with Crippen LogP contribution >= 0.6 is 0 Å². The molecule has 1 aromatic rings. The van der Waals surface area contributed by atoms with Gasteiger partial charge < -0.3 is 15.4 Å². The fourth-order valence-electron chi connectivity index (χ4n) is 2.99. The second kappa shape index (κ2) is 6.94. The van der Waals surface area contributed by atoms with Crippen molar-refractivity contribution in [2.45, 2.75) is 39.7 Å². The zero-order chi connectivity index (χ0) is 15.4. The molecule has 1 fully saturated rings. The number of amides is 1. The van der Waals surface area contributed by atoms with Crippen molar-refractivity contribution in [2.24, 2.45) is 11.7 Å². The number of hydrogen-bond donors (Lipinski definition) is 1. The van der Waals surface area contributed by atoms with Crippen LogP contribution in [0.15, 0.2) is 18.2 Å². The lowest BCUT2D eigenvalue weighted by atomic mass is 9.92. The number of nitrogens with zero attached hydrogens (tertiary/aromatic N) is 1. The molecule has 1 heterocycles. The molecule has 1 amide bonds. The van der Waals surface area contributed by atoms with Crippen LogP contribution in [0.2, 0.25) is 0 Å². The summed E-state index contributed by atoms with van der Waals surface area (Å²) in [7, 11) is 0. The summed E-state index contributed by atoms with van der Waals surface area (Å²) in [5, 5.41) is 0. The molecule has 0 spiro atoms. The normalized spacial score (nSPS) is 22.2. The van der Waals surface area contributed by atoms with Gasteiger partial charge in [-0.1, -0.05) is 24.6 Å². The molecule has 2 unspecified atom stereocenters. The van der Waals surface area contributed by atoms with E-state index in [0.717, 1.165) is 30.7 Å². The van der Waals surface area contributed by atoms with Gasteiger partial charge in [0.25, 0.3) is 5.91 Å². The predicted octanol–water partition coefficient (Wildman–Crippen LogP) is 2.27. The molecule has 1 aliphatic heterocycles. The maximum Gasteiger partial charge on any atom is 0.260 e. The van der Waals surface area contributed by atoms with Crippen molar-refractivity contribution < 1.29 is 9.53 Å². The summed E-state index contributed by atoms with van der Waals surface area (Å²) in [6.45, 7) is 7.67. The third-order valence-corrected chi connectivity index (χ3v) is 4.25. The molecule has 0 bridgehead atoms. The number of aryl methyl sites for hydroxylation is 2. The van der Waals surface area contributed by atoms with E-state index in [2.05, 4.69) is 13.0 Å². The Bertz CT molecular complexity index is 502. The highest BCUT2D eigenvalue weighted by Crippen LogP contribution is 2.23. The van der Waals surface area contributed by atoms with Crippen molar-refractivity contribution in [3.05, 3.63) is 29.3 Å². The van der Waals surface area contributed by atoms with Gasteiger partial charge in [0.1, 0.15) is 5.75 Å². The molecule has 4 nitrogen and oxygen atoms in total. The average molecular weight is 290 g/mol. The minimum absolute atomic E-state index is 0.0392. The molecule has 1 aliphatic rings. The van der Waals surface area contributed by atoms with E-state index in [1.165, 1.54) is 5.56 Å². The van der Waals surface area contributed by atoms with Crippen molar-refractivity contribution >= 4 is 5.91 Å². The number of nitrogens with two attached hydrogens (primary N) is 1. The second-order valence-electron chi connectivity index (χ2n) is 6.16. The van der Waals surface area contributed by atoms with Gasteiger partial charge in [-0.25, -0.2) is 0 Å². The predicted molar refractivity (Wildman–Crippen MR) is 84.4 cm³/mol. The van der Waals surface area contributed by atoms with E-state index in [1.807, 2.05) is 30.9 Å². The van der Waals surface area contributed by atoms with E-state index in [-0.39, 0.29) is 18.6 Å². The summed E-state index contributed by atoms with van der Waals surface area (Å²) in [6, 6.07) is 6.14. The molecule has 2 atom stereocenters. The molecule has 0 radical (unpaired) electrons. The Labute approximate surface area is 127 Å². The smallest absolute Gasteiger partial charge is 0.260 e. The Kier molecular flexibility index (Phi) is 5.23. The maximum atomic E-state index is 12.4. The first-order valence-electron chi connectivity index (χ1n) is 7.71. The van der Waals surface area contributed by atoms with Crippen molar-refractivity contribution in [3.8, 4) is 5.75 Å². The van der Waals surface area contributed by atoms with E-state index in [9.17, 15) is 4.79 Å². The van der Waals surface area contributed by atoms with Crippen molar-refractivity contribution in [1.29, 1.82) is 0 Å². The number of ether oxygens (including phenoxy) is 1. The molecule has 1 aromatic carbocycles. The molecule has 2 N–H and O–H groups in total. The van der Waals surface area contributed by atoms with E-state index in [1.54, 1.807) is 0 Å². The third-order valence-electron chi connectivity index (χ3n) is 4.25. The summed E-state index contributed by atoms with van der Waals surface area (Å²) in [5.41, 5.74) is 8.06. The van der Waals surface area contributed by atoms with Crippen LogP contribution < -0.4 is 10.5 Å². The van der Waals surface area contributed by atoms with E-state index in [0.29, 0.717) is 12.5 Å². The molecule has 21 heavy (non-hydrogen) atoms.